The Morgan fingerprint density at radius 2 is 1.68 bits per heavy atom. The van der Waals surface area contributed by atoms with E-state index in [4.69, 9.17) is 9.47 Å². The van der Waals surface area contributed by atoms with E-state index < -0.39 is 0 Å². The summed E-state index contributed by atoms with van der Waals surface area (Å²) in [5, 5.41) is 3.45. The lowest BCUT2D eigenvalue weighted by Crippen LogP contribution is -2.48. The molecule has 0 aromatic heterocycles. The van der Waals surface area contributed by atoms with Crippen molar-refractivity contribution in [3.05, 3.63) is 70.9 Å². The van der Waals surface area contributed by atoms with E-state index >= 15 is 0 Å². The number of methoxy groups -OCH3 is 2. The Hall–Kier alpha value is -3.12. The molecule has 6 heteroatoms. The van der Waals surface area contributed by atoms with Crippen molar-refractivity contribution in [3.8, 4) is 11.5 Å². The average molecular weight is 421 g/mol. The number of hydrazine groups is 1. The first-order valence-electron chi connectivity index (χ1n) is 10.5. The second kappa shape index (κ2) is 8.55. The molecule has 1 amide bonds. The average Bonchev–Trinajstić information content (AvgIpc) is 2.78. The van der Waals surface area contributed by atoms with Crippen molar-refractivity contribution in [2.45, 2.75) is 31.1 Å². The number of rotatable bonds is 5. The molecular formula is C25H28N2O4. The normalized spacial score (nSPS) is 21.4. The van der Waals surface area contributed by atoms with Crippen molar-refractivity contribution in [1.82, 2.24) is 10.0 Å². The highest BCUT2D eigenvalue weighted by Gasteiger charge is 2.43. The fourth-order valence-electron chi connectivity index (χ4n) is 4.82. The number of benzene rings is 2. The second-order valence-electron chi connectivity index (χ2n) is 8.22. The van der Waals surface area contributed by atoms with Gasteiger partial charge in [0.25, 0.3) is 0 Å². The number of amides is 1. The van der Waals surface area contributed by atoms with Gasteiger partial charge in [-0.3, -0.25) is 9.59 Å². The number of ether oxygens (including phenoxy) is 2. The van der Waals surface area contributed by atoms with Gasteiger partial charge in [-0.25, -0.2) is 10.0 Å². The maximum Gasteiger partial charge on any atom is 0.242 e. The number of Topliss-reactive ketones (excluding diaryl/α,β-unsaturated/α-hetero) is 1. The van der Waals surface area contributed by atoms with Gasteiger partial charge in [0, 0.05) is 49.7 Å². The van der Waals surface area contributed by atoms with E-state index in [1.807, 2.05) is 50.5 Å². The van der Waals surface area contributed by atoms with Crippen LogP contribution in [-0.4, -0.2) is 50.0 Å². The maximum absolute atomic E-state index is 13.5. The number of carbonyl (C=O) groups excluding carboxylic acids is 2. The zero-order chi connectivity index (χ0) is 22.1. The SMILES string of the molecule is COc1ccc(OC)c([C@H]2CC(=O)N(N(C)C)C3=C2C(=O)C[C@@H](c2ccccc2)C3)c1. The highest BCUT2D eigenvalue weighted by Crippen LogP contribution is 2.48. The van der Waals surface area contributed by atoms with Crippen LogP contribution < -0.4 is 9.47 Å². The summed E-state index contributed by atoms with van der Waals surface area (Å²) in [6.45, 7) is 0. The molecule has 2 aliphatic rings. The number of nitrogens with zero attached hydrogens (tertiary/aromatic N) is 2. The van der Waals surface area contributed by atoms with Crippen molar-refractivity contribution in [2.75, 3.05) is 28.3 Å². The Balaban J connectivity index is 1.85. The van der Waals surface area contributed by atoms with Crippen LogP contribution in [0.2, 0.25) is 0 Å². The summed E-state index contributed by atoms with van der Waals surface area (Å²) in [7, 11) is 6.88. The zero-order valence-electron chi connectivity index (χ0n) is 18.4. The molecule has 162 valence electrons. The smallest absolute Gasteiger partial charge is 0.242 e. The van der Waals surface area contributed by atoms with Gasteiger partial charge in [-0.1, -0.05) is 30.3 Å². The highest BCUT2D eigenvalue weighted by atomic mass is 16.5. The standard InChI is InChI=1S/C25H28N2O4/c1-26(2)27-21-12-17(16-8-6-5-7-9-16)13-22(28)25(21)20(15-24(27)29)19-14-18(30-3)10-11-23(19)31-4/h5-11,14,17,20H,12-13,15H2,1-4H3/t17-,20+/m0/s1. The fourth-order valence-corrected chi connectivity index (χ4v) is 4.82. The lowest BCUT2D eigenvalue weighted by molar-refractivity contribution is -0.143. The predicted octanol–water partition coefficient (Wildman–Crippen LogP) is 3.90. The molecule has 0 saturated heterocycles. The molecule has 1 aliphatic heterocycles. The molecule has 0 radical (unpaired) electrons. The number of ketones is 1. The molecule has 0 saturated carbocycles. The number of hydrogen-bond acceptors (Lipinski definition) is 5. The molecule has 2 atom stereocenters. The van der Waals surface area contributed by atoms with E-state index in [1.165, 1.54) is 0 Å². The van der Waals surface area contributed by atoms with Crippen molar-refractivity contribution < 1.29 is 19.1 Å². The van der Waals surface area contributed by atoms with Crippen LogP contribution in [0.3, 0.4) is 0 Å². The summed E-state index contributed by atoms with van der Waals surface area (Å²) in [6, 6.07) is 15.6. The first kappa shape index (κ1) is 21.1. The van der Waals surface area contributed by atoms with Crippen LogP contribution in [0.15, 0.2) is 59.8 Å². The monoisotopic (exact) mass is 420 g/mol. The van der Waals surface area contributed by atoms with Crippen molar-refractivity contribution in [2.24, 2.45) is 0 Å². The number of allylic oxidation sites excluding steroid dienone is 2. The van der Waals surface area contributed by atoms with Gasteiger partial charge in [-0.05, 0) is 36.1 Å². The minimum Gasteiger partial charge on any atom is -0.497 e. The first-order valence-corrected chi connectivity index (χ1v) is 10.5. The topological polar surface area (TPSA) is 59.1 Å². The van der Waals surface area contributed by atoms with Crippen molar-refractivity contribution in [1.29, 1.82) is 0 Å². The molecule has 0 fully saturated rings. The molecule has 4 rings (SSSR count). The van der Waals surface area contributed by atoms with E-state index in [-0.39, 0.29) is 29.9 Å². The molecule has 31 heavy (non-hydrogen) atoms. The van der Waals surface area contributed by atoms with E-state index in [1.54, 1.807) is 24.2 Å². The lowest BCUT2D eigenvalue weighted by Gasteiger charge is -2.43. The molecular weight excluding hydrogens is 392 g/mol. The second-order valence-corrected chi connectivity index (χ2v) is 8.22. The molecule has 0 unspecified atom stereocenters. The minimum atomic E-state index is -0.354. The van der Waals surface area contributed by atoms with E-state index in [0.29, 0.717) is 29.9 Å². The van der Waals surface area contributed by atoms with Gasteiger partial charge in [0.1, 0.15) is 11.5 Å². The van der Waals surface area contributed by atoms with Crippen LogP contribution in [0, 0.1) is 0 Å². The lowest BCUT2D eigenvalue weighted by atomic mass is 9.73. The van der Waals surface area contributed by atoms with Gasteiger partial charge in [0.05, 0.1) is 14.2 Å². The zero-order valence-corrected chi connectivity index (χ0v) is 18.4. The summed E-state index contributed by atoms with van der Waals surface area (Å²) in [4.78, 5) is 26.8. The van der Waals surface area contributed by atoms with Crippen LogP contribution >= 0.6 is 0 Å². The summed E-state index contributed by atoms with van der Waals surface area (Å²) in [5.74, 6) is 1.08. The summed E-state index contributed by atoms with van der Waals surface area (Å²) in [5.41, 5.74) is 3.44. The fraction of sp³-hybridized carbons (Fsp3) is 0.360. The quantitative estimate of drug-likeness (QED) is 0.734. The van der Waals surface area contributed by atoms with Gasteiger partial charge in [0.15, 0.2) is 5.78 Å². The Morgan fingerprint density at radius 1 is 0.935 bits per heavy atom. The third-order valence-corrected chi connectivity index (χ3v) is 6.19. The number of carbonyl (C=O) groups is 2. The van der Waals surface area contributed by atoms with Crippen LogP contribution in [0.1, 0.15) is 42.2 Å². The Labute approximate surface area is 183 Å². The summed E-state index contributed by atoms with van der Waals surface area (Å²) in [6.07, 6.45) is 1.28. The predicted molar refractivity (Wildman–Crippen MR) is 118 cm³/mol. The summed E-state index contributed by atoms with van der Waals surface area (Å²) >= 11 is 0. The summed E-state index contributed by atoms with van der Waals surface area (Å²) < 4.78 is 11.0. The van der Waals surface area contributed by atoms with Crippen molar-refractivity contribution >= 4 is 11.7 Å². The minimum absolute atomic E-state index is 0.0277. The van der Waals surface area contributed by atoms with Gasteiger partial charge in [-0.15, -0.1) is 0 Å². The largest absolute Gasteiger partial charge is 0.497 e. The van der Waals surface area contributed by atoms with Gasteiger partial charge >= 0.3 is 0 Å². The third-order valence-electron chi connectivity index (χ3n) is 6.19. The third kappa shape index (κ3) is 3.83. The van der Waals surface area contributed by atoms with Crippen LogP contribution in [0.25, 0.3) is 0 Å². The van der Waals surface area contributed by atoms with Gasteiger partial charge in [-0.2, -0.15) is 0 Å². The molecule has 6 nitrogen and oxygen atoms in total. The van der Waals surface area contributed by atoms with Gasteiger partial charge < -0.3 is 9.47 Å². The van der Waals surface area contributed by atoms with Crippen LogP contribution in [0.4, 0.5) is 0 Å². The first-order chi connectivity index (χ1) is 14.9. The molecule has 0 N–H and O–H groups in total. The van der Waals surface area contributed by atoms with E-state index in [9.17, 15) is 9.59 Å². The van der Waals surface area contributed by atoms with Crippen LogP contribution in [-0.2, 0) is 9.59 Å². The molecule has 2 aromatic carbocycles. The highest BCUT2D eigenvalue weighted by molar-refractivity contribution is 6.02. The van der Waals surface area contributed by atoms with Crippen molar-refractivity contribution in [3.63, 3.8) is 0 Å². The Morgan fingerprint density at radius 3 is 2.32 bits per heavy atom. The maximum atomic E-state index is 13.5. The molecule has 1 heterocycles. The molecule has 2 aromatic rings. The number of hydrogen-bond donors (Lipinski definition) is 0. The Kier molecular flexibility index (Phi) is 5.83. The van der Waals surface area contributed by atoms with Crippen LogP contribution in [0.5, 0.6) is 11.5 Å². The Bertz CT molecular complexity index is 1030. The molecule has 0 spiro atoms. The molecule has 0 bridgehead atoms. The van der Waals surface area contributed by atoms with E-state index in [0.717, 1.165) is 16.8 Å². The molecule has 1 aliphatic carbocycles. The van der Waals surface area contributed by atoms with E-state index in [2.05, 4.69) is 12.1 Å². The van der Waals surface area contributed by atoms with Gasteiger partial charge in [0.2, 0.25) is 5.91 Å².